The number of phenols is 2. The number of phenolic OH excluding ortho intramolecular Hbond substituents is 2. The molecule has 5 heteroatoms. The van der Waals surface area contributed by atoms with E-state index in [1.807, 2.05) is 42.5 Å². The minimum absolute atomic E-state index is 0.0693. The third-order valence-electron chi connectivity index (χ3n) is 4.78. The lowest BCUT2D eigenvalue weighted by Crippen LogP contribution is -2.44. The van der Waals surface area contributed by atoms with E-state index < -0.39 is 5.54 Å². The van der Waals surface area contributed by atoms with Gasteiger partial charge in [0, 0.05) is 11.1 Å². The van der Waals surface area contributed by atoms with Gasteiger partial charge in [0.05, 0.1) is 18.2 Å². The Bertz CT molecular complexity index is 1070. The van der Waals surface area contributed by atoms with Crippen LogP contribution in [0.15, 0.2) is 77.8 Å². The SMILES string of the molecule is N#Cc1cccc(C2=NCC(c3ccccc3)(c3cc(O)ccc3O)N2)c1. The van der Waals surface area contributed by atoms with Crippen molar-refractivity contribution >= 4 is 5.84 Å². The molecule has 1 heterocycles. The molecule has 132 valence electrons. The van der Waals surface area contributed by atoms with Crippen LogP contribution in [0.25, 0.3) is 0 Å². The summed E-state index contributed by atoms with van der Waals surface area (Å²) in [4.78, 5) is 4.66. The van der Waals surface area contributed by atoms with Crippen molar-refractivity contribution in [3.05, 3.63) is 95.1 Å². The number of nitrogens with zero attached hydrogens (tertiary/aromatic N) is 2. The Kier molecular flexibility index (Phi) is 4.02. The van der Waals surface area contributed by atoms with Gasteiger partial charge in [-0.15, -0.1) is 0 Å². The second kappa shape index (κ2) is 6.50. The Morgan fingerprint density at radius 3 is 2.56 bits per heavy atom. The molecular formula is C22H17N3O2. The number of rotatable bonds is 3. The van der Waals surface area contributed by atoms with Gasteiger partial charge in [-0.25, -0.2) is 0 Å². The van der Waals surface area contributed by atoms with Crippen LogP contribution in [0, 0.1) is 11.3 Å². The average Bonchev–Trinajstić information content (AvgIpc) is 3.17. The zero-order valence-electron chi connectivity index (χ0n) is 14.4. The molecule has 0 spiro atoms. The normalized spacial score (nSPS) is 18.4. The van der Waals surface area contributed by atoms with Crippen molar-refractivity contribution in [3.8, 4) is 17.6 Å². The molecule has 0 radical (unpaired) electrons. The number of aromatic hydroxyl groups is 2. The van der Waals surface area contributed by atoms with E-state index in [4.69, 9.17) is 5.26 Å². The van der Waals surface area contributed by atoms with E-state index in [0.717, 1.165) is 11.1 Å². The van der Waals surface area contributed by atoms with Crippen LogP contribution < -0.4 is 5.32 Å². The molecule has 1 aliphatic heterocycles. The molecule has 0 aromatic heterocycles. The highest BCUT2D eigenvalue weighted by Crippen LogP contribution is 2.40. The first-order chi connectivity index (χ1) is 13.1. The van der Waals surface area contributed by atoms with Crippen molar-refractivity contribution in [2.24, 2.45) is 4.99 Å². The lowest BCUT2D eigenvalue weighted by molar-refractivity contribution is 0.425. The molecule has 27 heavy (non-hydrogen) atoms. The molecule has 3 N–H and O–H groups in total. The first-order valence-electron chi connectivity index (χ1n) is 8.53. The van der Waals surface area contributed by atoms with Gasteiger partial charge in [0.1, 0.15) is 22.9 Å². The summed E-state index contributed by atoms with van der Waals surface area (Å²) in [5.41, 5.74) is 1.99. The largest absolute Gasteiger partial charge is 0.508 e. The van der Waals surface area contributed by atoms with Gasteiger partial charge >= 0.3 is 0 Å². The smallest absolute Gasteiger partial charge is 0.129 e. The molecule has 0 fully saturated rings. The first kappa shape index (κ1) is 16.7. The molecule has 3 aromatic carbocycles. The molecule has 4 rings (SSSR count). The van der Waals surface area contributed by atoms with E-state index in [1.165, 1.54) is 12.1 Å². The average molecular weight is 355 g/mol. The van der Waals surface area contributed by atoms with E-state index >= 15 is 0 Å². The summed E-state index contributed by atoms with van der Waals surface area (Å²) in [6, 6.07) is 23.5. The monoisotopic (exact) mass is 355 g/mol. The first-order valence-corrected chi connectivity index (χ1v) is 8.53. The molecular weight excluding hydrogens is 338 g/mol. The number of nitriles is 1. The molecule has 1 atom stereocenters. The van der Waals surface area contributed by atoms with Crippen LogP contribution in [0.1, 0.15) is 22.3 Å². The Labute approximate surface area is 156 Å². The highest BCUT2D eigenvalue weighted by Gasteiger charge is 2.41. The van der Waals surface area contributed by atoms with Gasteiger partial charge in [-0.05, 0) is 35.9 Å². The van der Waals surface area contributed by atoms with Crippen molar-refractivity contribution in [1.29, 1.82) is 5.26 Å². The number of amidine groups is 1. The maximum Gasteiger partial charge on any atom is 0.129 e. The highest BCUT2D eigenvalue weighted by atomic mass is 16.3. The van der Waals surface area contributed by atoms with Gasteiger partial charge in [0.25, 0.3) is 0 Å². The molecule has 0 aliphatic carbocycles. The molecule has 3 aromatic rings. The standard InChI is InChI=1S/C22H17N3O2/c23-13-15-5-4-6-16(11-15)21-24-14-22(25-21,17-7-2-1-3-8-17)19-12-18(26)9-10-20(19)27/h1-12,26-27H,14H2,(H,24,25). The summed E-state index contributed by atoms with van der Waals surface area (Å²) < 4.78 is 0. The van der Waals surface area contributed by atoms with Gasteiger partial charge in [-0.1, -0.05) is 42.5 Å². The summed E-state index contributed by atoms with van der Waals surface area (Å²) in [5, 5.41) is 33.1. The van der Waals surface area contributed by atoms with Crippen molar-refractivity contribution in [1.82, 2.24) is 5.32 Å². The van der Waals surface area contributed by atoms with E-state index in [2.05, 4.69) is 16.4 Å². The summed E-state index contributed by atoms with van der Waals surface area (Å²) in [5.74, 6) is 0.782. The molecule has 1 aliphatic rings. The third kappa shape index (κ3) is 2.87. The molecule has 0 bridgehead atoms. The van der Waals surface area contributed by atoms with Crippen molar-refractivity contribution < 1.29 is 10.2 Å². The Morgan fingerprint density at radius 2 is 1.78 bits per heavy atom. The van der Waals surface area contributed by atoms with E-state index in [1.54, 1.807) is 18.2 Å². The quantitative estimate of drug-likeness (QED) is 0.629. The van der Waals surface area contributed by atoms with E-state index in [9.17, 15) is 10.2 Å². The lowest BCUT2D eigenvalue weighted by atomic mass is 9.82. The third-order valence-corrected chi connectivity index (χ3v) is 4.78. The van der Waals surface area contributed by atoms with Crippen LogP contribution in [0.2, 0.25) is 0 Å². The van der Waals surface area contributed by atoms with Crippen LogP contribution in [0.4, 0.5) is 0 Å². The molecule has 0 saturated heterocycles. The Balaban J connectivity index is 1.83. The van der Waals surface area contributed by atoms with Gasteiger partial charge in [0.15, 0.2) is 0 Å². The maximum atomic E-state index is 10.5. The number of aliphatic imine (C=N–C) groups is 1. The minimum Gasteiger partial charge on any atom is -0.508 e. The number of benzene rings is 3. The molecule has 5 nitrogen and oxygen atoms in total. The Morgan fingerprint density at radius 1 is 0.963 bits per heavy atom. The summed E-state index contributed by atoms with van der Waals surface area (Å²) in [7, 11) is 0. The number of nitrogens with one attached hydrogen (secondary N) is 1. The van der Waals surface area contributed by atoms with E-state index in [-0.39, 0.29) is 11.5 Å². The molecule has 1 unspecified atom stereocenters. The number of hydrogen-bond acceptors (Lipinski definition) is 5. The lowest BCUT2D eigenvalue weighted by Gasteiger charge is -2.31. The fraction of sp³-hybridized carbons (Fsp3) is 0.0909. The van der Waals surface area contributed by atoms with Crippen LogP contribution in [-0.4, -0.2) is 22.6 Å². The highest BCUT2D eigenvalue weighted by molar-refractivity contribution is 6.01. The summed E-state index contributed by atoms with van der Waals surface area (Å²) in [6.07, 6.45) is 0. The summed E-state index contributed by atoms with van der Waals surface area (Å²) >= 11 is 0. The zero-order chi connectivity index (χ0) is 18.9. The second-order valence-corrected chi connectivity index (χ2v) is 6.46. The topological polar surface area (TPSA) is 88.6 Å². The fourth-order valence-corrected chi connectivity index (χ4v) is 3.44. The number of hydrogen-bond donors (Lipinski definition) is 3. The van der Waals surface area contributed by atoms with Gasteiger partial charge < -0.3 is 15.5 Å². The van der Waals surface area contributed by atoms with Crippen molar-refractivity contribution in [2.75, 3.05) is 6.54 Å². The zero-order valence-corrected chi connectivity index (χ0v) is 14.4. The predicted octanol–water partition coefficient (Wildman–Crippen LogP) is 3.26. The van der Waals surface area contributed by atoms with Crippen LogP contribution >= 0.6 is 0 Å². The van der Waals surface area contributed by atoms with E-state index in [0.29, 0.717) is 23.5 Å². The van der Waals surface area contributed by atoms with Crippen LogP contribution in [0.3, 0.4) is 0 Å². The maximum absolute atomic E-state index is 10.5. The molecule has 0 saturated carbocycles. The van der Waals surface area contributed by atoms with Crippen LogP contribution in [0.5, 0.6) is 11.5 Å². The summed E-state index contributed by atoms with van der Waals surface area (Å²) in [6.45, 7) is 0.347. The minimum atomic E-state index is -0.817. The van der Waals surface area contributed by atoms with Gasteiger partial charge in [0.2, 0.25) is 0 Å². The Hall–Kier alpha value is -3.78. The fourth-order valence-electron chi connectivity index (χ4n) is 3.44. The van der Waals surface area contributed by atoms with Gasteiger partial charge in [-0.3, -0.25) is 4.99 Å². The van der Waals surface area contributed by atoms with Crippen LogP contribution in [-0.2, 0) is 5.54 Å². The second-order valence-electron chi connectivity index (χ2n) is 6.46. The van der Waals surface area contributed by atoms with Crippen molar-refractivity contribution in [3.63, 3.8) is 0 Å². The molecule has 0 amide bonds. The predicted molar refractivity (Wildman–Crippen MR) is 103 cm³/mol. The van der Waals surface area contributed by atoms with Crippen molar-refractivity contribution in [2.45, 2.75) is 5.54 Å². The van der Waals surface area contributed by atoms with Gasteiger partial charge in [-0.2, -0.15) is 5.26 Å².